The van der Waals surface area contributed by atoms with Crippen molar-refractivity contribution in [2.75, 3.05) is 7.11 Å². The van der Waals surface area contributed by atoms with Gasteiger partial charge in [0.15, 0.2) is 0 Å². The molecule has 0 bridgehead atoms. The molecule has 132 valence electrons. The number of hydrogen-bond donors (Lipinski definition) is 0. The fourth-order valence-corrected chi connectivity index (χ4v) is 3.99. The Hall–Kier alpha value is -3.83. The molecular formula is C26H17NO. The van der Waals surface area contributed by atoms with Gasteiger partial charge in [-0.05, 0) is 73.8 Å². The molecule has 0 atom stereocenters. The van der Waals surface area contributed by atoms with Gasteiger partial charge in [0.2, 0.25) is 0 Å². The molecule has 0 radical (unpaired) electrons. The Morgan fingerprint density at radius 2 is 1.43 bits per heavy atom. The van der Waals surface area contributed by atoms with Crippen LogP contribution in [0.25, 0.3) is 44.0 Å². The molecule has 2 nitrogen and oxygen atoms in total. The first kappa shape index (κ1) is 16.4. The Balaban J connectivity index is 1.76. The number of benzene rings is 5. The fraction of sp³-hybridized carbons (Fsp3) is 0.0385. The predicted octanol–water partition coefficient (Wildman–Crippen LogP) is 6.66. The van der Waals surface area contributed by atoms with Crippen molar-refractivity contribution in [3.63, 3.8) is 0 Å². The summed E-state index contributed by atoms with van der Waals surface area (Å²) < 4.78 is 5.22. The predicted molar refractivity (Wildman–Crippen MR) is 117 cm³/mol. The van der Waals surface area contributed by atoms with Gasteiger partial charge in [0, 0.05) is 0 Å². The Morgan fingerprint density at radius 1 is 0.786 bits per heavy atom. The van der Waals surface area contributed by atoms with Crippen LogP contribution in [-0.4, -0.2) is 7.11 Å². The lowest BCUT2D eigenvalue weighted by molar-refractivity contribution is 0.415. The molecule has 5 aromatic rings. The summed E-state index contributed by atoms with van der Waals surface area (Å²) in [5.74, 6) is 0.781. The topological polar surface area (TPSA) is 33.0 Å². The number of rotatable bonds is 3. The third-order valence-electron chi connectivity index (χ3n) is 5.38. The minimum Gasteiger partial charge on any atom is -0.497 e. The van der Waals surface area contributed by atoms with Gasteiger partial charge in [-0.3, -0.25) is 0 Å². The lowest BCUT2D eigenvalue weighted by atomic mass is 9.91. The Bertz CT molecular complexity index is 1370. The van der Waals surface area contributed by atoms with E-state index in [0.717, 1.165) is 16.9 Å². The molecule has 0 saturated carbocycles. The second kappa shape index (κ2) is 6.40. The molecule has 0 heterocycles. The number of hydrogen-bond acceptors (Lipinski definition) is 2. The van der Waals surface area contributed by atoms with Crippen LogP contribution < -0.4 is 4.74 Å². The average Bonchev–Trinajstić information content (AvgIpc) is 2.76. The standard InChI is InChI=1S/C26H17NO/c1-28-23-12-9-17(10-13-23)22(16-27)15-21-8-7-20-6-5-18-3-2-4-19-11-14-24(21)26(20)25(18)19/h2-15H,1H3. The number of methoxy groups -OCH3 is 1. The summed E-state index contributed by atoms with van der Waals surface area (Å²) in [6.07, 6.45) is 1.98. The van der Waals surface area contributed by atoms with Crippen molar-refractivity contribution in [1.82, 2.24) is 0 Å². The Kier molecular flexibility index (Phi) is 3.74. The fourth-order valence-electron chi connectivity index (χ4n) is 3.99. The summed E-state index contributed by atoms with van der Waals surface area (Å²) in [6, 6.07) is 29.3. The summed E-state index contributed by atoms with van der Waals surface area (Å²) in [7, 11) is 1.64. The molecule has 0 fully saturated rings. The lowest BCUT2D eigenvalue weighted by Crippen LogP contribution is -1.88. The average molecular weight is 359 g/mol. The molecule has 2 heteroatoms. The van der Waals surface area contributed by atoms with Crippen molar-refractivity contribution in [2.45, 2.75) is 0 Å². The molecule has 0 aliphatic rings. The van der Waals surface area contributed by atoms with E-state index in [-0.39, 0.29) is 0 Å². The first-order valence-electron chi connectivity index (χ1n) is 9.21. The van der Waals surface area contributed by atoms with Crippen LogP contribution >= 0.6 is 0 Å². The first-order chi connectivity index (χ1) is 13.8. The highest BCUT2D eigenvalue weighted by Crippen LogP contribution is 2.37. The van der Waals surface area contributed by atoms with Crippen LogP contribution in [0.4, 0.5) is 0 Å². The van der Waals surface area contributed by atoms with E-state index in [1.807, 2.05) is 30.3 Å². The summed E-state index contributed by atoms with van der Waals surface area (Å²) in [5.41, 5.74) is 2.57. The van der Waals surface area contributed by atoms with Gasteiger partial charge < -0.3 is 4.74 Å². The van der Waals surface area contributed by atoms with E-state index in [2.05, 4.69) is 60.7 Å². The molecular weight excluding hydrogens is 342 g/mol. The van der Waals surface area contributed by atoms with Crippen molar-refractivity contribution < 1.29 is 4.74 Å². The second-order valence-corrected chi connectivity index (χ2v) is 6.91. The molecule has 0 N–H and O–H groups in total. The normalized spacial score (nSPS) is 11.9. The zero-order chi connectivity index (χ0) is 19.1. The quantitative estimate of drug-likeness (QED) is 0.205. The van der Waals surface area contributed by atoms with Crippen LogP contribution in [0.1, 0.15) is 11.1 Å². The maximum absolute atomic E-state index is 9.76. The number of ether oxygens (including phenoxy) is 1. The van der Waals surface area contributed by atoms with Gasteiger partial charge in [-0.2, -0.15) is 5.26 Å². The maximum atomic E-state index is 9.76. The van der Waals surface area contributed by atoms with Crippen LogP contribution in [0, 0.1) is 11.3 Å². The van der Waals surface area contributed by atoms with Crippen molar-refractivity contribution in [3.8, 4) is 11.8 Å². The smallest absolute Gasteiger partial charge is 0.118 e. The molecule has 5 rings (SSSR count). The molecule has 0 aliphatic heterocycles. The third-order valence-corrected chi connectivity index (χ3v) is 5.38. The highest BCUT2D eigenvalue weighted by atomic mass is 16.5. The van der Waals surface area contributed by atoms with Crippen molar-refractivity contribution >= 4 is 44.0 Å². The summed E-state index contributed by atoms with van der Waals surface area (Å²) in [4.78, 5) is 0. The first-order valence-corrected chi connectivity index (χ1v) is 9.21. The number of nitriles is 1. The van der Waals surface area contributed by atoms with Gasteiger partial charge in [0.1, 0.15) is 5.75 Å². The van der Waals surface area contributed by atoms with Gasteiger partial charge >= 0.3 is 0 Å². The lowest BCUT2D eigenvalue weighted by Gasteiger charge is -2.12. The van der Waals surface area contributed by atoms with Crippen molar-refractivity contribution in [2.24, 2.45) is 0 Å². The number of allylic oxidation sites excluding steroid dienone is 1. The summed E-state index contributed by atoms with van der Waals surface area (Å²) in [5, 5.41) is 17.2. The summed E-state index contributed by atoms with van der Waals surface area (Å²) in [6.45, 7) is 0. The SMILES string of the molecule is COc1ccc(C(C#N)=Cc2ccc3ccc4cccc5ccc2c3c45)cc1. The van der Waals surface area contributed by atoms with E-state index in [9.17, 15) is 5.26 Å². The second-order valence-electron chi connectivity index (χ2n) is 6.91. The van der Waals surface area contributed by atoms with E-state index < -0.39 is 0 Å². The van der Waals surface area contributed by atoms with Gasteiger partial charge in [-0.25, -0.2) is 0 Å². The molecule has 0 amide bonds. The molecule has 28 heavy (non-hydrogen) atoms. The zero-order valence-electron chi connectivity index (χ0n) is 15.4. The van der Waals surface area contributed by atoms with Crippen LogP contribution in [0.2, 0.25) is 0 Å². The third kappa shape index (κ3) is 2.49. The molecule has 0 unspecified atom stereocenters. The minimum atomic E-state index is 0.637. The van der Waals surface area contributed by atoms with Crippen molar-refractivity contribution in [3.05, 3.63) is 90.0 Å². The van der Waals surface area contributed by atoms with E-state index in [1.165, 1.54) is 32.3 Å². The van der Waals surface area contributed by atoms with Crippen LogP contribution in [0.3, 0.4) is 0 Å². The highest BCUT2D eigenvalue weighted by molar-refractivity contribution is 6.24. The van der Waals surface area contributed by atoms with E-state index in [0.29, 0.717) is 5.57 Å². The molecule has 0 saturated heterocycles. The molecule has 0 aliphatic carbocycles. The van der Waals surface area contributed by atoms with Gasteiger partial charge in [-0.15, -0.1) is 0 Å². The Morgan fingerprint density at radius 3 is 2.11 bits per heavy atom. The van der Waals surface area contributed by atoms with Crippen LogP contribution in [-0.2, 0) is 0 Å². The number of nitrogens with zero attached hydrogens (tertiary/aromatic N) is 1. The zero-order valence-corrected chi connectivity index (χ0v) is 15.4. The van der Waals surface area contributed by atoms with E-state index >= 15 is 0 Å². The maximum Gasteiger partial charge on any atom is 0.118 e. The van der Waals surface area contributed by atoms with Gasteiger partial charge in [-0.1, -0.05) is 54.6 Å². The highest BCUT2D eigenvalue weighted by Gasteiger charge is 2.11. The summed E-state index contributed by atoms with van der Waals surface area (Å²) >= 11 is 0. The Labute approximate surface area is 163 Å². The molecule has 0 spiro atoms. The van der Waals surface area contributed by atoms with Crippen LogP contribution in [0.15, 0.2) is 78.9 Å². The molecule has 5 aromatic carbocycles. The largest absolute Gasteiger partial charge is 0.497 e. The van der Waals surface area contributed by atoms with Crippen LogP contribution in [0.5, 0.6) is 5.75 Å². The molecule has 0 aromatic heterocycles. The van der Waals surface area contributed by atoms with Gasteiger partial charge in [0.05, 0.1) is 18.8 Å². The van der Waals surface area contributed by atoms with E-state index in [1.54, 1.807) is 7.11 Å². The van der Waals surface area contributed by atoms with Gasteiger partial charge in [0.25, 0.3) is 0 Å². The minimum absolute atomic E-state index is 0.637. The van der Waals surface area contributed by atoms with Crippen molar-refractivity contribution in [1.29, 1.82) is 5.26 Å². The monoisotopic (exact) mass is 359 g/mol. The van der Waals surface area contributed by atoms with E-state index in [4.69, 9.17) is 4.74 Å².